The molecule has 1 unspecified atom stereocenters. The number of likely N-dealkylation sites (N-methyl/N-ethyl adjacent to an activating group) is 1. The van der Waals surface area contributed by atoms with Crippen LogP contribution in [0.1, 0.15) is 29.7 Å². The van der Waals surface area contributed by atoms with E-state index in [4.69, 9.17) is 0 Å². The normalized spacial score (nSPS) is 20.2. The number of H-pyrrole nitrogens is 1. The van der Waals surface area contributed by atoms with E-state index in [1.54, 1.807) is 24.2 Å². The molecule has 1 N–H and O–H groups in total. The number of rotatable bonds is 1. The first-order valence-corrected chi connectivity index (χ1v) is 8.63. The lowest BCUT2D eigenvalue weighted by molar-refractivity contribution is -0.122. The highest BCUT2D eigenvalue weighted by Crippen LogP contribution is 2.49. The predicted molar refractivity (Wildman–Crippen MR) is 95.7 cm³/mol. The Morgan fingerprint density at radius 2 is 2.08 bits per heavy atom. The molecular weight excluding hydrogens is 330 g/mol. The molecule has 4 heterocycles. The van der Waals surface area contributed by atoms with Crippen LogP contribution in [0, 0.1) is 6.92 Å². The lowest BCUT2D eigenvalue weighted by Crippen LogP contribution is -2.49. The van der Waals surface area contributed by atoms with Crippen LogP contribution >= 0.6 is 0 Å². The van der Waals surface area contributed by atoms with E-state index in [-0.39, 0.29) is 11.5 Å². The Bertz CT molecular complexity index is 1130. The molecule has 1 aromatic carbocycles. The fraction of sp³-hybridized carbons (Fsp3) is 0.263. The van der Waals surface area contributed by atoms with Crippen LogP contribution in [-0.2, 0) is 16.6 Å². The summed E-state index contributed by atoms with van der Waals surface area (Å²) in [6, 6.07) is 7.69. The highest BCUT2D eigenvalue weighted by molar-refractivity contribution is 6.11. The van der Waals surface area contributed by atoms with E-state index in [1.165, 1.54) is 0 Å². The molecular formula is C19H17N5O2. The molecule has 0 bridgehead atoms. The average Bonchev–Trinajstić information content (AvgIpc) is 3.17. The van der Waals surface area contributed by atoms with Gasteiger partial charge in [-0.1, -0.05) is 18.2 Å². The molecule has 0 fully saturated rings. The van der Waals surface area contributed by atoms with Crippen LogP contribution in [0.2, 0.25) is 0 Å². The molecule has 1 spiro atoms. The number of carbonyl (C=O) groups is 1. The molecule has 2 aromatic heterocycles. The number of nitrogens with one attached hydrogen (secondary N) is 1. The number of anilines is 1. The quantitative estimate of drug-likeness (QED) is 0.722. The minimum atomic E-state index is -1.09. The van der Waals surface area contributed by atoms with Crippen molar-refractivity contribution < 1.29 is 4.79 Å². The Kier molecular flexibility index (Phi) is 2.84. The topological polar surface area (TPSA) is 83.9 Å². The summed E-state index contributed by atoms with van der Waals surface area (Å²) in [5, 5.41) is 0. The number of aryl methyl sites for hydroxylation is 1. The fourth-order valence-electron chi connectivity index (χ4n) is 4.36. The number of hydrogen-bond donors (Lipinski definition) is 1. The van der Waals surface area contributed by atoms with E-state index in [1.807, 2.05) is 35.8 Å². The van der Waals surface area contributed by atoms with Crippen LogP contribution in [0.5, 0.6) is 0 Å². The number of amides is 1. The van der Waals surface area contributed by atoms with Crippen LogP contribution in [0.3, 0.4) is 0 Å². The van der Waals surface area contributed by atoms with Gasteiger partial charge in [0.1, 0.15) is 22.9 Å². The van der Waals surface area contributed by atoms with Gasteiger partial charge in [0.25, 0.3) is 5.56 Å². The summed E-state index contributed by atoms with van der Waals surface area (Å²) in [4.78, 5) is 40.2. The summed E-state index contributed by atoms with van der Waals surface area (Å²) in [7, 11) is 0. The van der Waals surface area contributed by atoms with E-state index in [0.717, 1.165) is 17.1 Å². The number of hydrogen-bond acceptors (Lipinski definition) is 4. The van der Waals surface area contributed by atoms with Crippen molar-refractivity contribution in [2.75, 3.05) is 11.4 Å². The van der Waals surface area contributed by atoms with Crippen molar-refractivity contribution in [1.82, 2.24) is 19.5 Å². The van der Waals surface area contributed by atoms with Crippen molar-refractivity contribution in [1.29, 1.82) is 0 Å². The summed E-state index contributed by atoms with van der Waals surface area (Å²) in [5.74, 6) is 1.64. The molecule has 7 heteroatoms. The Morgan fingerprint density at radius 3 is 2.88 bits per heavy atom. The molecule has 0 saturated carbocycles. The molecule has 0 saturated heterocycles. The number of nitrogens with zero attached hydrogens (tertiary/aromatic N) is 4. The fourth-order valence-corrected chi connectivity index (χ4v) is 4.36. The number of aromatic nitrogens is 4. The summed E-state index contributed by atoms with van der Waals surface area (Å²) in [5.41, 5.74) is 0.747. The zero-order chi connectivity index (χ0) is 18.1. The Balaban J connectivity index is 1.94. The zero-order valence-electron chi connectivity index (χ0n) is 14.5. The van der Waals surface area contributed by atoms with Crippen molar-refractivity contribution in [2.45, 2.75) is 25.7 Å². The predicted octanol–water partition coefficient (Wildman–Crippen LogP) is 1.47. The lowest BCUT2D eigenvalue weighted by atomic mass is 9.71. The largest absolute Gasteiger partial charge is 0.311 e. The molecule has 130 valence electrons. The second-order valence-corrected chi connectivity index (χ2v) is 6.71. The van der Waals surface area contributed by atoms with Crippen LogP contribution in [0.25, 0.3) is 5.82 Å². The molecule has 2 aliphatic heterocycles. The summed E-state index contributed by atoms with van der Waals surface area (Å²) >= 11 is 0. The van der Waals surface area contributed by atoms with Crippen LogP contribution in [-0.4, -0.2) is 32.0 Å². The highest BCUT2D eigenvalue weighted by Gasteiger charge is 2.57. The molecule has 1 atom stereocenters. The van der Waals surface area contributed by atoms with Gasteiger partial charge in [-0.25, -0.2) is 9.97 Å². The average molecular weight is 347 g/mol. The molecule has 5 rings (SSSR count). The van der Waals surface area contributed by atoms with E-state index in [0.29, 0.717) is 30.2 Å². The minimum Gasteiger partial charge on any atom is -0.311 e. The number of aromatic amines is 1. The summed E-state index contributed by atoms with van der Waals surface area (Å²) < 4.78 is 1.81. The number of fused-ring (bicyclic) bond motifs is 6. The first-order valence-electron chi connectivity index (χ1n) is 8.63. The van der Waals surface area contributed by atoms with Gasteiger partial charge in [-0.15, -0.1) is 0 Å². The number of carbonyl (C=O) groups excluding carboxylic acids is 1. The van der Waals surface area contributed by atoms with Gasteiger partial charge in [0.2, 0.25) is 5.91 Å². The van der Waals surface area contributed by atoms with Gasteiger partial charge >= 0.3 is 0 Å². The van der Waals surface area contributed by atoms with Crippen molar-refractivity contribution >= 4 is 11.6 Å². The smallest absolute Gasteiger partial charge is 0.257 e. The monoisotopic (exact) mass is 347 g/mol. The minimum absolute atomic E-state index is 0.0900. The first-order chi connectivity index (χ1) is 12.6. The van der Waals surface area contributed by atoms with Crippen molar-refractivity contribution in [3.05, 3.63) is 69.8 Å². The van der Waals surface area contributed by atoms with Gasteiger partial charge < -0.3 is 9.88 Å². The third-order valence-corrected chi connectivity index (χ3v) is 5.40. The van der Waals surface area contributed by atoms with E-state index in [9.17, 15) is 9.59 Å². The Labute approximate surface area is 149 Å². The third kappa shape index (κ3) is 1.62. The highest BCUT2D eigenvalue weighted by atomic mass is 16.2. The third-order valence-electron chi connectivity index (χ3n) is 5.40. The van der Waals surface area contributed by atoms with Crippen LogP contribution < -0.4 is 10.5 Å². The number of imidazole rings is 1. The summed E-state index contributed by atoms with van der Waals surface area (Å²) in [6.07, 6.45) is 3.81. The first kappa shape index (κ1) is 15.1. The molecule has 3 aromatic rings. The number of benzene rings is 1. The van der Waals surface area contributed by atoms with Gasteiger partial charge in [0, 0.05) is 31.0 Å². The molecule has 2 aliphatic rings. The van der Waals surface area contributed by atoms with Gasteiger partial charge in [-0.05, 0) is 25.5 Å². The molecule has 1 amide bonds. The maximum Gasteiger partial charge on any atom is 0.257 e. The van der Waals surface area contributed by atoms with Crippen LogP contribution in [0.15, 0.2) is 41.5 Å². The maximum absolute atomic E-state index is 13.6. The van der Waals surface area contributed by atoms with Gasteiger partial charge in [0.05, 0.1) is 5.56 Å². The van der Waals surface area contributed by atoms with Crippen LogP contribution in [0.4, 0.5) is 5.69 Å². The standard InChI is InChI=1S/C19H17N5O2/c1-3-23-13-7-5-4-6-12(13)19(18(23)26)10-14-20-8-9-24(14)16-15(19)17(25)22-11(2)21-16/h4-9H,3,10H2,1-2H3,(H,21,22,25). The van der Waals surface area contributed by atoms with Crippen molar-refractivity contribution in [3.63, 3.8) is 0 Å². The van der Waals surface area contributed by atoms with E-state index >= 15 is 0 Å². The second kappa shape index (κ2) is 4.91. The van der Waals surface area contributed by atoms with Gasteiger partial charge in [0.15, 0.2) is 0 Å². The summed E-state index contributed by atoms with van der Waals surface area (Å²) in [6.45, 7) is 4.22. The van der Waals surface area contributed by atoms with Crippen molar-refractivity contribution in [3.8, 4) is 5.82 Å². The van der Waals surface area contributed by atoms with E-state index < -0.39 is 5.41 Å². The molecule has 26 heavy (non-hydrogen) atoms. The zero-order valence-corrected chi connectivity index (χ0v) is 14.5. The van der Waals surface area contributed by atoms with Crippen molar-refractivity contribution in [2.24, 2.45) is 0 Å². The lowest BCUT2D eigenvalue weighted by Gasteiger charge is -2.33. The molecule has 7 nitrogen and oxygen atoms in total. The molecule has 0 aliphatic carbocycles. The Hall–Kier alpha value is -3.22. The maximum atomic E-state index is 13.6. The van der Waals surface area contributed by atoms with Gasteiger partial charge in [-0.2, -0.15) is 0 Å². The number of para-hydroxylation sites is 1. The molecule has 0 radical (unpaired) electrons. The Morgan fingerprint density at radius 1 is 1.27 bits per heavy atom. The SMILES string of the molecule is CCN1C(=O)C2(Cc3nccn3-c3nc(C)[nH]c(=O)c32)c2ccccc21. The second-order valence-electron chi connectivity index (χ2n) is 6.71. The van der Waals surface area contributed by atoms with E-state index in [2.05, 4.69) is 15.0 Å². The van der Waals surface area contributed by atoms with Gasteiger partial charge in [-0.3, -0.25) is 14.2 Å².